The minimum atomic E-state index is -4.36. The number of alkyl halides is 3. The van der Waals surface area contributed by atoms with Crippen LogP contribution in [0.15, 0.2) is 42.5 Å². The van der Waals surface area contributed by atoms with Crippen molar-refractivity contribution in [2.45, 2.75) is 12.6 Å². The first-order chi connectivity index (χ1) is 9.41. The highest BCUT2D eigenvalue weighted by molar-refractivity contribution is 5.53. The standard InChI is InChI=1S/C15H14F3NO/c1-20-12-7-6-11(14(19)9-12)8-10-4-2-3-5-13(10)15(16,17)18/h2-7,9H,8,19H2,1H3. The number of rotatable bonds is 3. The molecular weight excluding hydrogens is 267 g/mol. The Hall–Kier alpha value is -2.17. The van der Waals surface area contributed by atoms with Crippen molar-refractivity contribution in [1.82, 2.24) is 0 Å². The van der Waals surface area contributed by atoms with E-state index in [0.29, 0.717) is 17.0 Å². The zero-order valence-electron chi connectivity index (χ0n) is 10.9. The van der Waals surface area contributed by atoms with Gasteiger partial charge in [-0.15, -0.1) is 0 Å². The molecule has 2 rings (SSSR count). The maximum Gasteiger partial charge on any atom is 0.416 e. The highest BCUT2D eigenvalue weighted by atomic mass is 19.4. The van der Waals surface area contributed by atoms with Gasteiger partial charge in [0.05, 0.1) is 12.7 Å². The molecule has 2 aromatic carbocycles. The zero-order chi connectivity index (χ0) is 14.8. The molecule has 2 nitrogen and oxygen atoms in total. The number of nitrogens with two attached hydrogens (primary N) is 1. The Morgan fingerprint density at radius 2 is 1.75 bits per heavy atom. The summed E-state index contributed by atoms with van der Waals surface area (Å²) in [5, 5.41) is 0. The van der Waals surface area contributed by atoms with E-state index in [1.165, 1.54) is 19.2 Å². The monoisotopic (exact) mass is 281 g/mol. The lowest BCUT2D eigenvalue weighted by molar-refractivity contribution is -0.138. The first kappa shape index (κ1) is 14.2. The van der Waals surface area contributed by atoms with E-state index in [1.54, 1.807) is 24.3 Å². The van der Waals surface area contributed by atoms with E-state index in [9.17, 15) is 13.2 Å². The molecule has 0 aliphatic rings. The van der Waals surface area contributed by atoms with Crippen LogP contribution < -0.4 is 10.5 Å². The maximum absolute atomic E-state index is 12.9. The van der Waals surface area contributed by atoms with Crippen LogP contribution in [0.3, 0.4) is 0 Å². The summed E-state index contributed by atoms with van der Waals surface area (Å²) in [7, 11) is 1.51. The van der Waals surface area contributed by atoms with E-state index in [2.05, 4.69) is 0 Å². The van der Waals surface area contributed by atoms with Gasteiger partial charge in [-0.3, -0.25) is 0 Å². The Morgan fingerprint density at radius 1 is 1.05 bits per heavy atom. The molecule has 0 spiro atoms. The molecule has 2 N–H and O–H groups in total. The third-order valence-corrected chi connectivity index (χ3v) is 3.06. The van der Waals surface area contributed by atoms with Crippen molar-refractivity contribution < 1.29 is 17.9 Å². The van der Waals surface area contributed by atoms with Crippen LogP contribution in [0.25, 0.3) is 0 Å². The SMILES string of the molecule is COc1ccc(Cc2ccccc2C(F)(F)F)c(N)c1. The Bertz CT molecular complexity index is 608. The quantitative estimate of drug-likeness (QED) is 0.866. The highest BCUT2D eigenvalue weighted by Gasteiger charge is 2.32. The van der Waals surface area contributed by atoms with Crippen molar-refractivity contribution >= 4 is 5.69 Å². The summed E-state index contributed by atoms with van der Waals surface area (Å²) < 4.78 is 43.8. The van der Waals surface area contributed by atoms with Gasteiger partial charge in [-0.2, -0.15) is 13.2 Å². The number of benzene rings is 2. The lowest BCUT2D eigenvalue weighted by Crippen LogP contribution is -2.09. The lowest BCUT2D eigenvalue weighted by Gasteiger charge is -2.14. The second-order valence-corrected chi connectivity index (χ2v) is 4.40. The molecule has 0 fully saturated rings. The Kier molecular flexibility index (Phi) is 3.88. The van der Waals surface area contributed by atoms with E-state index in [-0.39, 0.29) is 12.0 Å². The first-order valence-corrected chi connectivity index (χ1v) is 5.99. The molecule has 106 valence electrons. The third-order valence-electron chi connectivity index (χ3n) is 3.06. The Labute approximate surface area is 115 Å². The van der Waals surface area contributed by atoms with Crippen molar-refractivity contribution in [2.75, 3.05) is 12.8 Å². The van der Waals surface area contributed by atoms with E-state index in [0.717, 1.165) is 6.07 Å². The summed E-state index contributed by atoms with van der Waals surface area (Å²) in [6.07, 6.45) is -4.23. The van der Waals surface area contributed by atoms with E-state index >= 15 is 0 Å². The van der Waals surface area contributed by atoms with Crippen molar-refractivity contribution in [3.8, 4) is 5.75 Å². The topological polar surface area (TPSA) is 35.2 Å². The van der Waals surface area contributed by atoms with Crippen molar-refractivity contribution in [2.24, 2.45) is 0 Å². The average molecular weight is 281 g/mol. The van der Waals surface area contributed by atoms with Gasteiger partial charge in [0, 0.05) is 18.2 Å². The number of ether oxygens (including phenoxy) is 1. The molecule has 0 aliphatic heterocycles. The van der Waals surface area contributed by atoms with Gasteiger partial charge in [-0.05, 0) is 23.3 Å². The molecule has 20 heavy (non-hydrogen) atoms. The summed E-state index contributed by atoms with van der Waals surface area (Å²) in [6.45, 7) is 0. The van der Waals surface area contributed by atoms with Crippen LogP contribution in [0.5, 0.6) is 5.75 Å². The van der Waals surface area contributed by atoms with Gasteiger partial charge < -0.3 is 10.5 Å². The minimum absolute atomic E-state index is 0.130. The minimum Gasteiger partial charge on any atom is -0.497 e. The lowest BCUT2D eigenvalue weighted by atomic mass is 9.98. The highest BCUT2D eigenvalue weighted by Crippen LogP contribution is 2.33. The molecule has 0 saturated carbocycles. The second kappa shape index (κ2) is 5.45. The summed E-state index contributed by atoms with van der Waals surface area (Å²) in [5.41, 5.74) is 6.48. The van der Waals surface area contributed by atoms with Crippen molar-refractivity contribution in [3.63, 3.8) is 0 Å². The number of anilines is 1. The molecule has 0 radical (unpaired) electrons. The van der Waals surface area contributed by atoms with Crippen LogP contribution in [0.4, 0.5) is 18.9 Å². The molecule has 0 atom stereocenters. The van der Waals surface area contributed by atoms with Crippen molar-refractivity contribution in [1.29, 1.82) is 0 Å². The van der Waals surface area contributed by atoms with Crippen molar-refractivity contribution in [3.05, 3.63) is 59.2 Å². The molecule has 0 bridgehead atoms. The molecule has 5 heteroatoms. The summed E-state index contributed by atoms with van der Waals surface area (Å²) >= 11 is 0. The van der Waals surface area contributed by atoms with E-state index < -0.39 is 11.7 Å². The summed E-state index contributed by atoms with van der Waals surface area (Å²) in [4.78, 5) is 0. The van der Waals surface area contributed by atoms with Gasteiger partial charge >= 0.3 is 6.18 Å². The Balaban J connectivity index is 2.36. The molecule has 0 aliphatic carbocycles. The molecule has 0 unspecified atom stereocenters. The van der Waals surface area contributed by atoms with Gasteiger partial charge in [0.25, 0.3) is 0 Å². The molecular formula is C15H14F3NO. The van der Waals surface area contributed by atoms with E-state index in [4.69, 9.17) is 10.5 Å². The number of hydrogen-bond donors (Lipinski definition) is 1. The number of methoxy groups -OCH3 is 1. The normalized spacial score (nSPS) is 11.4. The van der Waals surface area contributed by atoms with Crippen LogP contribution in [0, 0.1) is 0 Å². The van der Waals surface area contributed by atoms with Gasteiger partial charge in [0.15, 0.2) is 0 Å². The Morgan fingerprint density at radius 3 is 2.35 bits per heavy atom. The number of hydrogen-bond acceptors (Lipinski definition) is 2. The van der Waals surface area contributed by atoms with Gasteiger partial charge in [0.1, 0.15) is 5.75 Å². The fourth-order valence-electron chi connectivity index (χ4n) is 2.02. The zero-order valence-corrected chi connectivity index (χ0v) is 10.9. The number of halogens is 3. The molecule has 0 amide bonds. The van der Waals surface area contributed by atoms with Gasteiger partial charge in [-0.1, -0.05) is 24.3 Å². The fourth-order valence-corrected chi connectivity index (χ4v) is 2.02. The molecule has 0 heterocycles. The van der Waals surface area contributed by atoms with Gasteiger partial charge in [-0.25, -0.2) is 0 Å². The average Bonchev–Trinajstić information content (AvgIpc) is 2.40. The summed E-state index contributed by atoms with van der Waals surface area (Å²) in [5.74, 6) is 0.579. The smallest absolute Gasteiger partial charge is 0.416 e. The largest absolute Gasteiger partial charge is 0.497 e. The predicted molar refractivity (Wildman–Crippen MR) is 71.7 cm³/mol. The summed E-state index contributed by atoms with van der Waals surface area (Å²) in [6, 6.07) is 10.5. The van der Waals surface area contributed by atoms with Crippen LogP contribution in [-0.4, -0.2) is 7.11 Å². The third kappa shape index (κ3) is 3.04. The molecule has 0 saturated heterocycles. The van der Waals surface area contributed by atoms with Crippen LogP contribution in [-0.2, 0) is 12.6 Å². The van der Waals surface area contributed by atoms with Crippen LogP contribution >= 0.6 is 0 Å². The van der Waals surface area contributed by atoms with E-state index in [1.807, 2.05) is 0 Å². The predicted octanol–water partition coefficient (Wildman–Crippen LogP) is 3.89. The fraction of sp³-hybridized carbons (Fsp3) is 0.200. The second-order valence-electron chi connectivity index (χ2n) is 4.40. The van der Waals surface area contributed by atoms with Crippen LogP contribution in [0.1, 0.15) is 16.7 Å². The van der Waals surface area contributed by atoms with Gasteiger partial charge in [0.2, 0.25) is 0 Å². The first-order valence-electron chi connectivity index (χ1n) is 5.99. The molecule has 2 aromatic rings. The maximum atomic E-state index is 12.9. The number of nitrogen functional groups attached to an aromatic ring is 1. The molecule has 0 aromatic heterocycles. The van der Waals surface area contributed by atoms with Crippen LogP contribution in [0.2, 0.25) is 0 Å².